The van der Waals surface area contributed by atoms with Crippen molar-refractivity contribution < 1.29 is 18.3 Å². The highest BCUT2D eigenvalue weighted by Gasteiger charge is 2.46. The van der Waals surface area contributed by atoms with E-state index in [4.69, 9.17) is 18.3 Å². The summed E-state index contributed by atoms with van der Waals surface area (Å²) in [7, 11) is 0. The van der Waals surface area contributed by atoms with Crippen LogP contribution in [0.3, 0.4) is 0 Å². The van der Waals surface area contributed by atoms with Gasteiger partial charge in [-0.3, -0.25) is 0 Å². The molecule has 0 amide bonds. The topological polar surface area (TPSA) is 48.0 Å². The molecule has 254 valence electrons. The Bertz CT molecular complexity index is 2650. The third kappa shape index (κ3) is 4.56. The van der Waals surface area contributed by atoms with Gasteiger partial charge in [-0.25, -0.2) is 0 Å². The lowest BCUT2D eigenvalue weighted by Crippen LogP contribution is -2.57. The summed E-state index contributed by atoms with van der Waals surface area (Å²) in [6.45, 7) is 13.2. The van der Waals surface area contributed by atoms with E-state index in [-0.39, 0.29) is 17.5 Å². The molecule has 0 aliphatic carbocycles. The maximum atomic E-state index is 6.95. The summed E-state index contributed by atoms with van der Waals surface area (Å²) in [5.74, 6) is 2.98. The van der Waals surface area contributed by atoms with Gasteiger partial charge < -0.3 is 23.2 Å². The first-order chi connectivity index (χ1) is 25.0. The van der Waals surface area contributed by atoms with Crippen LogP contribution in [0.25, 0.3) is 32.9 Å². The standard InChI is InChI=1S/C46H38BNO4/c1-45(2,3)27-18-22-29(23-19-27)48(30-24-20-28(21-25-30)46(4,5)6)33-26-38-41(43-39(33)31-12-7-9-14-34(31)50-43)47-40-36(49-38)16-11-17-37(40)51-42-32-13-8-10-15-35(32)52-44(42)47/h7-26H,1-6H3. The Hall–Kier alpha value is -5.88. The van der Waals surface area contributed by atoms with Gasteiger partial charge in [-0.05, 0) is 76.6 Å². The molecule has 10 rings (SSSR count). The minimum atomic E-state index is -0.297. The second-order valence-electron chi connectivity index (χ2n) is 16.1. The summed E-state index contributed by atoms with van der Waals surface area (Å²) in [5.41, 5.74) is 10.7. The van der Waals surface area contributed by atoms with Gasteiger partial charge in [0.15, 0.2) is 5.75 Å². The highest BCUT2D eigenvalue weighted by molar-refractivity contribution is 6.99. The van der Waals surface area contributed by atoms with E-state index < -0.39 is 0 Å². The molecule has 0 fully saturated rings. The average molecular weight is 680 g/mol. The molecule has 0 unspecified atom stereocenters. The van der Waals surface area contributed by atoms with Crippen LogP contribution in [0, 0.1) is 0 Å². The SMILES string of the molecule is CC(C)(C)c1ccc(N(c2ccc(C(C)(C)C)cc2)c2cc3c(c4oc5ccccc5c24)B2c4oc5ccccc5c4Oc4cccc(c42)O3)cc1. The fourth-order valence-corrected chi connectivity index (χ4v) is 8.02. The zero-order valence-corrected chi connectivity index (χ0v) is 30.2. The smallest absolute Gasteiger partial charge is 0.310 e. The summed E-state index contributed by atoms with van der Waals surface area (Å²) >= 11 is 0. The maximum Gasteiger partial charge on any atom is 0.310 e. The summed E-state index contributed by atoms with van der Waals surface area (Å²) in [4.78, 5) is 2.34. The number of ether oxygens (including phenoxy) is 2. The molecule has 2 aliphatic heterocycles. The fraction of sp³-hybridized carbons (Fsp3) is 0.174. The summed E-state index contributed by atoms with van der Waals surface area (Å²) in [6, 6.07) is 42.5. The van der Waals surface area contributed by atoms with Crippen LogP contribution in [0.4, 0.5) is 17.1 Å². The third-order valence-corrected chi connectivity index (χ3v) is 10.7. The molecule has 6 aromatic carbocycles. The lowest BCUT2D eigenvalue weighted by atomic mass is 9.36. The first-order valence-electron chi connectivity index (χ1n) is 18.0. The molecule has 2 aromatic heterocycles. The fourth-order valence-electron chi connectivity index (χ4n) is 8.02. The third-order valence-electron chi connectivity index (χ3n) is 10.7. The zero-order valence-electron chi connectivity index (χ0n) is 30.2. The Balaban J connectivity index is 1.28. The largest absolute Gasteiger partial charge is 0.466 e. The molecular formula is C46H38BNO4. The minimum Gasteiger partial charge on any atom is -0.466 e. The number of rotatable bonds is 3. The Morgan fingerprint density at radius 2 is 1.08 bits per heavy atom. The van der Waals surface area contributed by atoms with Gasteiger partial charge in [-0.2, -0.15) is 0 Å². The summed E-state index contributed by atoms with van der Waals surface area (Å²) in [5, 5.41) is 3.00. The van der Waals surface area contributed by atoms with Crippen LogP contribution in [0.1, 0.15) is 52.7 Å². The Kier molecular flexibility index (Phi) is 6.43. The number of hydrogen-bond acceptors (Lipinski definition) is 5. The Morgan fingerprint density at radius 3 is 1.69 bits per heavy atom. The Morgan fingerprint density at radius 1 is 0.519 bits per heavy atom. The van der Waals surface area contributed by atoms with E-state index in [0.717, 1.165) is 89.6 Å². The quantitative estimate of drug-likeness (QED) is 0.174. The molecule has 0 atom stereocenters. The average Bonchev–Trinajstić information content (AvgIpc) is 3.70. The molecule has 0 saturated carbocycles. The van der Waals surface area contributed by atoms with E-state index in [1.165, 1.54) is 11.1 Å². The van der Waals surface area contributed by atoms with Crippen molar-refractivity contribution in [2.75, 3.05) is 4.90 Å². The van der Waals surface area contributed by atoms with Gasteiger partial charge in [0, 0.05) is 33.8 Å². The first-order valence-corrected chi connectivity index (χ1v) is 18.0. The van der Waals surface area contributed by atoms with E-state index in [1.807, 2.05) is 48.5 Å². The number of nitrogens with zero attached hydrogens (tertiary/aromatic N) is 1. The molecule has 52 heavy (non-hydrogen) atoms. The van der Waals surface area contributed by atoms with Gasteiger partial charge in [0.05, 0.1) is 16.5 Å². The second kappa shape index (κ2) is 10.8. The van der Waals surface area contributed by atoms with Crippen LogP contribution in [0.2, 0.25) is 0 Å². The Labute approximate surface area is 303 Å². The van der Waals surface area contributed by atoms with Gasteiger partial charge >= 0.3 is 6.71 Å². The normalized spacial score (nSPS) is 13.5. The molecule has 0 radical (unpaired) electrons. The predicted molar refractivity (Wildman–Crippen MR) is 213 cm³/mol. The van der Waals surface area contributed by atoms with Crippen molar-refractivity contribution in [1.82, 2.24) is 0 Å². The van der Waals surface area contributed by atoms with E-state index >= 15 is 0 Å². The van der Waals surface area contributed by atoms with Crippen LogP contribution in [0.15, 0.2) is 130 Å². The number of fused-ring (bicyclic) bond motifs is 10. The summed E-state index contributed by atoms with van der Waals surface area (Å²) in [6.07, 6.45) is 0. The zero-order chi connectivity index (χ0) is 35.5. The molecule has 6 heteroatoms. The number of furan rings is 2. The van der Waals surface area contributed by atoms with Crippen LogP contribution in [0.5, 0.6) is 23.0 Å². The van der Waals surface area contributed by atoms with E-state index in [0.29, 0.717) is 0 Å². The van der Waals surface area contributed by atoms with E-state index in [1.54, 1.807) is 0 Å². The second-order valence-corrected chi connectivity index (χ2v) is 16.1. The highest BCUT2D eigenvalue weighted by Crippen LogP contribution is 2.48. The molecule has 0 saturated heterocycles. The molecule has 5 nitrogen and oxygen atoms in total. The molecule has 8 aromatic rings. The molecular weight excluding hydrogens is 641 g/mol. The van der Waals surface area contributed by atoms with Crippen molar-refractivity contribution in [2.24, 2.45) is 0 Å². The number of hydrogen-bond donors (Lipinski definition) is 0. The summed E-state index contributed by atoms with van der Waals surface area (Å²) < 4.78 is 27.1. The molecule has 0 bridgehead atoms. The predicted octanol–water partition coefficient (Wildman–Crippen LogP) is 11.1. The van der Waals surface area contributed by atoms with E-state index in [2.05, 4.69) is 119 Å². The van der Waals surface area contributed by atoms with E-state index in [9.17, 15) is 0 Å². The van der Waals surface area contributed by atoms with Gasteiger partial charge in [0.2, 0.25) is 0 Å². The van der Waals surface area contributed by atoms with Crippen molar-refractivity contribution in [3.63, 3.8) is 0 Å². The number of benzene rings is 6. The van der Waals surface area contributed by atoms with Crippen LogP contribution in [-0.4, -0.2) is 6.71 Å². The van der Waals surface area contributed by atoms with Gasteiger partial charge in [0.1, 0.15) is 39.7 Å². The molecule has 2 aliphatic rings. The first kappa shape index (κ1) is 30.9. The van der Waals surface area contributed by atoms with Crippen molar-refractivity contribution in [3.8, 4) is 23.0 Å². The van der Waals surface area contributed by atoms with Crippen molar-refractivity contribution in [3.05, 3.63) is 132 Å². The van der Waals surface area contributed by atoms with Gasteiger partial charge in [0.25, 0.3) is 0 Å². The van der Waals surface area contributed by atoms with Crippen LogP contribution < -0.4 is 31.0 Å². The van der Waals surface area contributed by atoms with Crippen molar-refractivity contribution in [2.45, 2.75) is 52.4 Å². The molecule has 0 spiro atoms. The van der Waals surface area contributed by atoms with Gasteiger partial charge in [-0.15, -0.1) is 0 Å². The van der Waals surface area contributed by atoms with Gasteiger partial charge in [-0.1, -0.05) is 102 Å². The monoisotopic (exact) mass is 679 g/mol. The van der Waals surface area contributed by atoms with Crippen molar-refractivity contribution in [1.29, 1.82) is 0 Å². The molecule has 0 N–H and O–H groups in total. The number of anilines is 3. The lowest BCUT2D eigenvalue weighted by molar-refractivity contribution is 0.461. The highest BCUT2D eigenvalue weighted by atomic mass is 16.5. The number of para-hydroxylation sites is 2. The maximum absolute atomic E-state index is 6.95. The van der Waals surface area contributed by atoms with Crippen LogP contribution >= 0.6 is 0 Å². The molecule has 4 heterocycles. The van der Waals surface area contributed by atoms with Crippen LogP contribution in [-0.2, 0) is 10.8 Å². The van der Waals surface area contributed by atoms with Crippen molar-refractivity contribution >= 4 is 73.3 Å². The minimum absolute atomic E-state index is 0.0247. The lowest BCUT2D eigenvalue weighted by Gasteiger charge is -2.33.